The molecule has 0 fully saturated rings. The van der Waals surface area contributed by atoms with E-state index in [1.54, 1.807) is 36.9 Å². The van der Waals surface area contributed by atoms with Crippen molar-refractivity contribution in [3.63, 3.8) is 0 Å². The topological polar surface area (TPSA) is 92.7 Å². The van der Waals surface area contributed by atoms with E-state index >= 15 is 0 Å². The van der Waals surface area contributed by atoms with Crippen LogP contribution in [0.25, 0.3) is 41.1 Å². The lowest BCUT2D eigenvalue weighted by atomic mass is 9.61. The Morgan fingerprint density at radius 1 is 0.661 bits per heavy atom. The number of aliphatic hydroxyl groups is 1. The lowest BCUT2D eigenvalue weighted by Gasteiger charge is -2.43. The number of hydrogen-bond donors (Lipinski definition) is 1. The summed E-state index contributed by atoms with van der Waals surface area (Å²) >= 11 is 3.38. The van der Waals surface area contributed by atoms with Crippen LogP contribution in [0.2, 0.25) is 0 Å². The molecule has 0 aliphatic carbocycles. The van der Waals surface area contributed by atoms with Crippen LogP contribution in [-0.2, 0) is 14.3 Å². The van der Waals surface area contributed by atoms with Crippen molar-refractivity contribution < 1.29 is 38.3 Å². The molecule has 2 aromatic heterocycles. The van der Waals surface area contributed by atoms with Gasteiger partial charge >= 0.3 is 5.97 Å². The predicted molar refractivity (Wildman–Crippen MR) is 256 cm³/mol. The molecule has 8 nitrogen and oxygen atoms in total. The van der Waals surface area contributed by atoms with Crippen LogP contribution >= 0.6 is 22.7 Å². The molecule has 0 bridgehead atoms. The van der Waals surface area contributed by atoms with Gasteiger partial charge in [-0.1, -0.05) is 53.7 Å². The van der Waals surface area contributed by atoms with Gasteiger partial charge in [-0.15, -0.1) is 22.7 Å². The van der Waals surface area contributed by atoms with Gasteiger partial charge in [0, 0.05) is 30.3 Å². The van der Waals surface area contributed by atoms with Crippen molar-refractivity contribution in [2.24, 2.45) is 16.2 Å². The van der Waals surface area contributed by atoms with E-state index in [0.717, 1.165) is 63.7 Å². The summed E-state index contributed by atoms with van der Waals surface area (Å²) in [5, 5.41) is 13.3. The van der Waals surface area contributed by atoms with E-state index in [1.165, 1.54) is 0 Å². The van der Waals surface area contributed by atoms with E-state index in [2.05, 4.69) is 128 Å². The number of thiophene rings is 2. The van der Waals surface area contributed by atoms with Crippen LogP contribution in [0.5, 0.6) is 23.0 Å². The number of benzene rings is 4. The van der Waals surface area contributed by atoms with Crippen LogP contribution < -0.4 is 18.9 Å². The van der Waals surface area contributed by atoms with Gasteiger partial charge in [0.1, 0.15) is 42.3 Å². The highest BCUT2D eigenvalue weighted by Crippen LogP contribution is 2.48. The van der Waals surface area contributed by atoms with E-state index in [9.17, 15) is 9.90 Å². The van der Waals surface area contributed by atoms with Gasteiger partial charge in [0.15, 0.2) is 0 Å². The normalized spacial score (nSPS) is 13.6. The lowest BCUT2D eigenvalue weighted by molar-refractivity contribution is -0.165. The van der Waals surface area contributed by atoms with Gasteiger partial charge in [-0.25, -0.2) is 0 Å². The first kappa shape index (κ1) is 46.9. The monoisotopic (exact) mass is 880 g/mol. The molecule has 1 N–H and O–H groups in total. The highest BCUT2D eigenvalue weighted by atomic mass is 32.1. The van der Waals surface area contributed by atoms with Crippen LogP contribution in [0.1, 0.15) is 78.9 Å². The molecule has 2 unspecified atom stereocenters. The number of aryl methyl sites for hydroxylation is 2. The minimum Gasteiger partial charge on any atom is -0.496 e. The quantitative estimate of drug-likeness (QED) is 0.0635. The third-order valence-electron chi connectivity index (χ3n) is 11.5. The molecule has 4 aromatic carbocycles. The van der Waals surface area contributed by atoms with Gasteiger partial charge < -0.3 is 33.5 Å². The number of aliphatic hydroxyl groups excluding tert-OH is 1. The average Bonchev–Trinajstić information content (AvgIpc) is 3.84. The van der Waals surface area contributed by atoms with Crippen LogP contribution in [0.15, 0.2) is 84.9 Å². The van der Waals surface area contributed by atoms with Gasteiger partial charge in [0.2, 0.25) is 0 Å². The minimum atomic E-state index is -0.765. The molecule has 0 saturated carbocycles. The van der Waals surface area contributed by atoms with E-state index in [4.69, 9.17) is 28.4 Å². The maximum absolute atomic E-state index is 13.4. The largest absolute Gasteiger partial charge is 0.496 e. The number of fused-ring (bicyclic) bond motifs is 2. The first-order valence-corrected chi connectivity index (χ1v) is 23.1. The van der Waals surface area contributed by atoms with E-state index in [-0.39, 0.29) is 43.2 Å². The Labute approximate surface area is 376 Å². The third-order valence-corrected chi connectivity index (χ3v) is 13.8. The highest BCUT2D eigenvalue weighted by Gasteiger charge is 2.47. The second-order valence-corrected chi connectivity index (χ2v) is 21.0. The fourth-order valence-electron chi connectivity index (χ4n) is 7.67. The molecule has 0 aliphatic rings. The van der Waals surface area contributed by atoms with Crippen LogP contribution in [0.3, 0.4) is 0 Å². The summed E-state index contributed by atoms with van der Waals surface area (Å²) in [6.45, 7) is 19.6. The summed E-state index contributed by atoms with van der Waals surface area (Å²) in [5.74, 6) is 2.93. The van der Waals surface area contributed by atoms with Crippen LogP contribution in [0, 0.1) is 30.1 Å². The standard InChI is InChI=1S/C52H64O8S2/c1-33-14-20-41(43(23-33)55-10)47-25-35-16-18-38(27-45(35)61-47)59-30-40(58-29-37(53)13-12-22-57-49(54)52(9,51(6,7)8)32-50(3,4)5)31-60-39-19-17-36-26-48(62-46(36)28-39)42-21-15-34(2)24-44(42)56-11/h14-21,23-28,37,40,53H,12-13,22,29-32H2,1-11H3. The predicted octanol–water partition coefficient (Wildman–Crippen LogP) is 13.1. The Hall–Kier alpha value is -4.61. The summed E-state index contributed by atoms with van der Waals surface area (Å²) in [5.41, 5.74) is 3.45. The van der Waals surface area contributed by atoms with E-state index < -0.39 is 17.6 Å². The Kier molecular flexibility index (Phi) is 15.0. The van der Waals surface area contributed by atoms with Crippen molar-refractivity contribution in [3.8, 4) is 43.9 Å². The second-order valence-electron chi connectivity index (χ2n) is 18.9. The molecular weight excluding hydrogens is 817 g/mol. The number of esters is 1. The summed E-state index contributed by atoms with van der Waals surface area (Å²) in [6.07, 6.45) is 0.377. The number of carbonyl (C=O) groups is 1. The number of hydrogen-bond acceptors (Lipinski definition) is 10. The molecule has 2 atom stereocenters. The SMILES string of the molecule is COc1cc(C)ccc1-c1cc2ccc(OCC(COc3ccc4cc(-c5ccc(C)cc5OC)sc4c3)OCC(O)CCCOC(=O)C(C)(CC(C)(C)C)C(C)(C)C)cc2s1. The Balaban J connectivity index is 1.12. The number of ether oxygens (including phenoxy) is 6. The minimum absolute atomic E-state index is 0.0360. The molecule has 6 aromatic rings. The van der Waals surface area contributed by atoms with Gasteiger partial charge in [-0.05, 0) is 146 Å². The second kappa shape index (κ2) is 19.8. The number of rotatable bonds is 19. The highest BCUT2D eigenvalue weighted by molar-refractivity contribution is 7.22. The molecule has 0 radical (unpaired) electrons. The molecule has 0 amide bonds. The molecule has 0 spiro atoms. The van der Waals surface area contributed by atoms with Gasteiger partial charge in [-0.2, -0.15) is 0 Å². The summed E-state index contributed by atoms with van der Waals surface area (Å²) in [4.78, 5) is 15.7. The van der Waals surface area contributed by atoms with Crippen molar-refractivity contribution in [2.75, 3.05) is 40.6 Å². The fraction of sp³-hybridized carbons (Fsp3) is 0.442. The molecule has 332 valence electrons. The number of carbonyl (C=O) groups excluding carboxylic acids is 1. The molecule has 0 aliphatic heterocycles. The van der Waals surface area contributed by atoms with E-state index in [0.29, 0.717) is 30.8 Å². The average molecular weight is 881 g/mol. The first-order chi connectivity index (χ1) is 29.3. The maximum Gasteiger partial charge on any atom is 0.312 e. The lowest BCUT2D eigenvalue weighted by Crippen LogP contribution is -2.44. The van der Waals surface area contributed by atoms with Gasteiger partial charge in [-0.3, -0.25) is 4.79 Å². The Morgan fingerprint density at radius 3 is 1.61 bits per heavy atom. The third kappa shape index (κ3) is 11.7. The van der Waals surface area contributed by atoms with Crippen molar-refractivity contribution in [1.82, 2.24) is 0 Å². The zero-order valence-corrected chi connectivity index (χ0v) is 39.9. The van der Waals surface area contributed by atoms with Gasteiger partial charge in [0.05, 0.1) is 39.0 Å². The van der Waals surface area contributed by atoms with E-state index in [1.807, 2.05) is 19.1 Å². The Bertz CT molecular complexity index is 2320. The Morgan fingerprint density at radius 2 is 1.16 bits per heavy atom. The molecule has 10 heteroatoms. The molecule has 2 heterocycles. The van der Waals surface area contributed by atoms with Crippen molar-refractivity contribution in [1.29, 1.82) is 0 Å². The zero-order valence-electron chi connectivity index (χ0n) is 38.3. The summed E-state index contributed by atoms with van der Waals surface area (Å²) in [7, 11) is 3.40. The fourth-order valence-corrected chi connectivity index (χ4v) is 9.92. The summed E-state index contributed by atoms with van der Waals surface area (Å²) < 4.78 is 38.5. The maximum atomic E-state index is 13.4. The molecule has 62 heavy (non-hydrogen) atoms. The van der Waals surface area contributed by atoms with Crippen molar-refractivity contribution in [2.45, 2.75) is 93.8 Å². The van der Waals surface area contributed by atoms with Crippen molar-refractivity contribution in [3.05, 3.63) is 96.1 Å². The zero-order chi connectivity index (χ0) is 44.8. The van der Waals surface area contributed by atoms with Crippen LogP contribution in [-0.4, -0.2) is 63.9 Å². The summed E-state index contributed by atoms with van der Waals surface area (Å²) in [6, 6.07) is 29.0. The molecule has 0 saturated heterocycles. The first-order valence-electron chi connectivity index (χ1n) is 21.5. The molecule has 6 rings (SSSR count). The van der Waals surface area contributed by atoms with Crippen molar-refractivity contribution >= 4 is 48.8 Å². The van der Waals surface area contributed by atoms with Crippen LogP contribution in [0.4, 0.5) is 0 Å². The smallest absolute Gasteiger partial charge is 0.312 e. The number of methoxy groups -OCH3 is 2. The van der Waals surface area contributed by atoms with Gasteiger partial charge in [0.25, 0.3) is 0 Å². The molecular formula is C52H64O8S2.